The third kappa shape index (κ3) is 3.22. The van der Waals surface area contributed by atoms with Crippen LogP contribution < -0.4 is 10.5 Å². The number of ether oxygens (including phenoxy) is 2. The Bertz CT molecular complexity index is 1340. The van der Waals surface area contributed by atoms with Crippen molar-refractivity contribution in [2.24, 2.45) is 17.1 Å². The van der Waals surface area contributed by atoms with Gasteiger partial charge in [-0.1, -0.05) is 36.4 Å². The van der Waals surface area contributed by atoms with Gasteiger partial charge < -0.3 is 20.1 Å². The molecule has 2 aromatic rings. The van der Waals surface area contributed by atoms with E-state index in [1.807, 2.05) is 30.3 Å². The highest BCUT2D eigenvalue weighted by Crippen LogP contribution is 2.57. The first-order chi connectivity index (χ1) is 16.5. The molecule has 0 spiro atoms. The Labute approximate surface area is 197 Å². The van der Waals surface area contributed by atoms with Crippen molar-refractivity contribution in [3.63, 3.8) is 0 Å². The summed E-state index contributed by atoms with van der Waals surface area (Å²) in [5.74, 6) is -0.859. The Morgan fingerprint density at radius 2 is 1.94 bits per heavy atom. The van der Waals surface area contributed by atoms with Gasteiger partial charge in [0.25, 0.3) is 0 Å². The van der Waals surface area contributed by atoms with Crippen LogP contribution in [0.15, 0.2) is 59.3 Å². The zero-order valence-corrected chi connectivity index (χ0v) is 18.9. The highest BCUT2D eigenvalue weighted by atomic mass is 16.6. The quantitative estimate of drug-likeness (QED) is 0.747. The van der Waals surface area contributed by atoms with Gasteiger partial charge >= 0.3 is 6.09 Å². The SMILES string of the molecule is CCOC(=O)N1CC=C2C(C#N)=C(N)C(C#N)(C#N)[C@H](c3c(OC)ccc4ccccc34)[C@H]2C1. The second-order valence-corrected chi connectivity index (χ2v) is 8.18. The normalized spacial score (nSPS) is 20.9. The first-order valence-electron chi connectivity index (χ1n) is 10.9. The summed E-state index contributed by atoms with van der Waals surface area (Å²) in [5.41, 5.74) is 5.89. The molecular weight excluding hydrogens is 430 g/mol. The molecule has 0 unspecified atom stereocenters. The molecule has 2 aliphatic rings. The Hall–Kier alpha value is -4.48. The zero-order chi connectivity index (χ0) is 24.5. The van der Waals surface area contributed by atoms with Crippen molar-refractivity contribution < 1.29 is 14.3 Å². The summed E-state index contributed by atoms with van der Waals surface area (Å²) in [6.07, 6.45) is 1.27. The first kappa shape index (κ1) is 22.7. The third-order valence-electron chi connectivity index (χ3n) is 6.65. The average molecular weight is 454 g/mol. The van der Waals surface area contributed by atoms with E-state index in [0.717, 1.165) is 10.8 Å². The number of nitrogens with two attached hydrogens (primary N) is 1. The molecule has 8 heteroatoms. The molecule has 2 aromatic carbocycles. The predicted octanol–water partition coefficient (Wildman–Crippen LogP) is 3.73. The Morgan fingerprint density at radius 3 is 2.59 bits per heavy atom. The van der Waals surface area contributed by atoms with Crippen molar-refractivity contribution >= 4 is 16.9 Å². The first-order valence-corrected chi connectivity index (χ1v) is 10.9. The summed E-state index contributed by atoms with van der Waals surface area (Å²) >= 11 is 0. The van der Waals surface area contributed by atoms with Crippen LogP contribution in [-0.2, 0) is 4.74 Å². The van der Waals surface area contributed by atoms with Gasteiger partial charge in [-0.15, -0.1) is 0 Å². The van der Waals surface area contributed by atoms with Crippen molar-refractivity contribution in [2.45, 2.75) is 12.8 Å². The molecule has 4 rings (SSSR count). The molecule has 0 radical (unpaired) electrons. The molecule has 1 aliphatic heterocycles. The fourth-order valence-electron chi connectivity index (χ4n) is 5.13. The summed E-state index contributed by atoms with van der Waals surface area (Å²) in [5, 5.41) is 32.4. The molecule has 170 valence electrons. The average Bonchev–Trinajstić information content (AvgIpc) is 2.87. The minimum Gasteiger partial charge on any atom is -0.496 e. The molecule has 34 heavy (non-hydrogen) atoms. The van der Waals surface area contributed by atoms with Gasteiger partial charge in [-0.3, -0.25) is 0 Å². The number of rotatable bonds is 3. The summed E-state index contributed by atoms with van der Waals surface area (Å²) in [4.78, 5) is 14.1. The maximum absolute atomic E-state index is 12.6. The third-order valence-corrected chi connectivity index (χ3v) is 6.65. The van der Waals surface area contributed by atoms with Crippen LogP contribution in [0.1, 0.15) is 18.4 Å². The van der Waals surface area contributed by atoms with E-state index in [-0.39, 0.29) is 31.0 Å². The zero-order valence-electron chi connectivity index (χ0n) is 18.9. The van der Waals surface area contributed by atoms with Crippen LogP contribution in [-0.4, -0.2) is 37.8 Å². The van der Waals surface area contributed by atoms with Gasteiger partial charge in [0.1, 0.15) is 11.8 Å². The molecule has 1 heterocycles. The largest absolute Gasteiger partial charge is 0.496 e. The van der Waals surface area contributed by atoms with Gasteiger partial charge in [-0.25, -0.2) is 4.79 Å². The van der Waals surface area contributed by atoms with Crippen LogP contribution in [0.4, 0.5) is 4.79 Å². The second-order valence-electron chi connectivity index (χ2n) is 8.18. The van der Waals surface area contributed by atoms with E-state index in [1.54, 1.807) is 19.1 Å². The molecule has 2 atom stereocenters. The second kappa shape index (κ2) is 8.81. The topological polar surface area (TPSA) is 136 Å². The van der Waals surface area contributed by atoms with Crippen LogP contribution in [0.5, 0.6) is 5.75 Å². The van der Waals surface area contributed by atoms with Gasteiger partial charge in [0.05, 0.1) is 37.1 Å². The highest BCUT2D eigenvalue weighted by molar-refractivity contribution is 5.89. The van der Waals surface area contributed by atoms with Crippen LogP contribution in [0.3, 0.4) is 0 Å². The standard InChI is InChI=1S/C26H23N5O3/c1-3-34-25(32)31-11-10-18-19(12-27)24(30)26(14-28,15-29)23(20(18)13-31)22-17-7-5-4-6-16(17)8-9-21(22)33-2/h4-10,20,23H,3,11,13,30H2,1-2H3/t20-,23-/m0/s1. The Morgan fingerprint density at radius 1 is 1.21 bits per heavy atom. The molecular formula is C26H23N5O3. The number of methoxy groups -OCH3 is 1. The fourth-order valence-corrected chi connectivity index (χ4v) is 5.13. The Kier molecular flexibility index (Phi) is 5.88. The van der Waals surface area contributed by atoms with Crippen LogP contribution in [0.25, 0.3) is 10.8 Å². The molecule has 8 nitrogen and oxygen atoms in total. The number of carbonyl (C=O) groups excluding carboxylic acids is 1. The monoisotopic (exact) mass is 453 g/mol. The predicted molar refractivity (Wildman–Crippen MR) is 124 cm³/mol. The summed E-state index contributed by atoms with van der Waals surface area (Å²) in [7, 11) is 1.53. The van der Waals surface area contributed by atoms with Crippen molar-refractivity contribution in [2.75, 3.05) is 26.8 Å². The van der Waals surface area contributed by atoms with E-state index < -0.39 is 23.3 Å². The van der Waals surface area contributed by atoms with Gasteiger partial charge in [0.2, 0.25) is 0 Å². The van der Waals surface area contributed by atoms with Gasteiger partial charge in [0.15, 0.2) is 5.41 Å². The minimum absolute atomic E-state index is 0.0768. The number of carbonyl (C=O) groups is 1. The van der Waals surface area contributed by atoms with Crippen molar-refractivity contribution in [1.82, 2.24) is 4.90 Å². The lowest BCUT2D eigenvalue weighted by atomic mass is 9.57. The number of nitriles is 3. The van der Waals surface area contributed by atoms with E-state index in [9.17, 15) is 20.6 Å². The molecule has 0 saturated carbocycles. The summed E-state index contributed by atoms with van der Waals surface area (Å²) in [6, 6.07) is 17.7. The summed E-state index contributed by atoms with van der Waals surface area (Å²) < 4.78 is 10.9. The van der Waals surface area contributed by atoms with E-state index in [1.165, 1.54) is 12.0 Å². The van der Waals surface area contributed by atoms with Crippen LogP contribution >= 0.6 is 0 Å². The fraction of sp³-hybridized carbons (Fsp3) is 0.308. The number of allylic oxidation sites excluding steroid dienone is 2. The molecule has 1 amide bonds. The molecule has 0 aromatic heterocycles. The maximum Gasteiger partial charge on any atom is 0.410 e. The number of hydrogen-bond acceptors (Lipinski definition) is 7. The molecule has 0 saturated heterocycles. The van der Waals surface area contributed by atoms with Crippen molar-refractivity contribution in [3.05, 3.63) is 64.9 Å². The molecule has 2 N–H and O–H groups in total. The Balaban J connectivity index is 2.06. The number of benzene rings is 2. The van der Waals surface area contributed by atoms with Crippen molar-refractivity contribution in [1.29, 1.82) is 15.8 Å². The van der Waals surface area contributed by atoms with Crippen molar-refractivity contribution in [3.8, 4) is 24.0 Å². The van der Waals surface area contributed by atoms with Crippen LogP contribution in [0.2, 0.25) is 0 Å². The summed E-state index contributed by atoms with van der Waals surface area (Å²) in [6.45, 7) is 2.33. The van der Waals surface area contributed by atoms with Crippen LogP contribution in [0, 0.1) is 45.3 Å². The molecule has 0 bridgehead atoms. The van der Waals surface area contributed by atoms with Gasteiger partial charge in [-0.2, -0.15) is 15.8 Å². The smallest absolute Gasteiger partial charge is 0.410 e. The maximum atomic E-state index is 12.6. The van der Waals surface area contributed by atoms with E-state index in [0.29, 0.717) is 16.9 Å². The van der Waals surface area contributed by atoms with E-state index in [4.69, 9.17) is 15.2 Å². The van der Waals surface area contributed by atoms with Gasteiger partial charge in [-0.05, 0) is 29.3 Å². The number of fused-ring (bicyclic) bond motifs is 2. The molecule has 1 aliphatic carbocycles. The lowest BCUT2D eigenvalue weighted by molar-refractivity contribution is 0.0998. The molecule has 0 fully saturated rings. The number of hydrogen-bond donors (Lipinski definition) is 1. The lowest BCUT2D eigenvalue weighted by Crippen LogP contribution is -2.49. The highest BCUT2D eigenvalue weighted by Gasteiger charge is 2.56. The van der Waals surface area contributed by atoms with E-state index in [2.05, 4.69) is 18.2 Å². The van der Waals surface area contributed by atoms with Gasteiger partial charge in [0, 0.05) is 30.5 Å². The lowest BCUT2D eigenvalue weighted by Gasteiger charge is -2.45. The number of nitrogens with zero attached hydrogens (tertiary/aromatic N) is 4. The number of amides is 1. The van der Waals surface area contributed by atoms with E-state index >= 15 is 0 Å². The minimum atomic E-state index is -1.85.